The van der Waals surface area contributed by atoms with Gasteiger partial charge in [0.15, 0.2) is 0 Å². The molecule has 2 heterocycles. The fourth-order valence-electron chi connectivity index (χ4n) is 1.93. The Morgan fingerprint density at radius 2 is 1.95 bits per heavy atom. The van der Waals surface area contributed by atoms with Crippen LogP contribution in [0.1, 0.15) is 15.2 Å². The van der Waals surface area contributed by atoms with E-state index in [9.17, 15) is 4.79 Å². The Kier molecular flexibility index (Phi) is 4.19. The smallest absolute Gasteiger partial charge is 0.265 e. The lowest BCUT2D eigenvalue weighted by atomic mass is 10.1. The fraction of sp³-hybridized carbons (Fsp3) is 0.133. The summed E-state index contributed by atoms with van der Waals surface area (Å²) < 4.78 is 2.35. The van der Waals surface area contributed by atoms with Gasteiger partial charge in [-0.1, -0.05) is 28.1 Å². The summed E-state index contributed by atoms with van der Waals surface area (Å²) in [7, 11) is 0. The van der Waals surface area contributed by atoms with Crippen LogP contribution >= 0.6 is 38.6 Å². The molecule has 0 spiro atoms. The van der Waals surface area contributed by atoms with Crippen LogP contribution in [0.15, 0.2) is 41.8 Å². The topological polar surface area (TPSA) is 29.1 Å². The highest BCUT2D eigenvalue weighted by Gasteiger charge is 2.11. The molecule has 0 saturated heterocycles. The second-order valence-electron chi connectivity index (χ2n) is 4.35. The molecule has 3 rings (SSSR count). The van der Waals surface area contributed by atoms with Crippen LogP contribution in [0.25, 0.3) is 9.40 Å². The molecule has 1 N–H and O–H groups in total. The van der Waals surface area contributed by atoms with Gasteiger partial charge in [0.1, 0.15) is 0 Å². The van der Waals surface area contributed by atoms with Crippen LogP contribution in [0, 0.1) is 0 Å². The Hall–Kier alpha value is -1.17. The van der Waals surface area contributed by atoms with E-state index in [2.05, 4.69) is 27.3 Å². The first-order chi connectivity index (χ1) is 9.76. The summed E-state index contributed by atoms with van der Waals surface area (Å²) >= 11 is 6.62. The van der Waals surface area contributed by atoms with Crippen LogP contribution in [-0.4, -0.2) is 11.2 Å². The molecule has 0 unspecified atom stereocenters. The molecule has 102 valence electrons. The third-order valence-electron chi connectivity index (χ3n) is 2.96. The molecule has 5 heteroatoms. The monoisotopic (exact) mass is 365 g/mol. The summed E-state index contributed by atoms with van der Waals surface area (Å²) in [6.07, 6.45) is 0.995. The molecule has 0 fully saturated rings. The number of benzene rings is 1. The zero-order chi connectivity index (χ0) is 13.9. The number of thiophene rings is 2. The number of carbonyl (C=O) groups excluding carboxylic acids is 1. The Balaban J connectivity index is 1.73. The molecule has 0 aliphatic heterocycles. The molecule has 0 saturated carbocycles. The second kappa shape index (κ2) is 6.08. The first-order valence-corrected chi connectivity index (χ1v) is 9.01. The number of nitrogens with one attached hydrogen (secondary N) is 1. The third-order valence-corrected chi connectivity index (χ3v) is 5.45. The van der Waals surface area contributed by atoms with Gasteiger partial charge in [-0.3, -0.25) is 4.79 Å². The first-order valence-electron chi connectivity index (χ1n) is 6.19. The molecule has 1 aromatic carbocycles. The summed E-state index contributed by atoms with van der Waals surface area (Å²) in [5.74, 6) is -0.0355. The van der Waals surface area contributed by atoms with Gasteiger partial charge >= 0.3 is 0 Å². The van der Waals surface area contributed by atoms with Crippen molar-refractivity contribution >= 4 is 59.6 Å². The van der Waals surface area contributed by atoms with E-state index in [4.69, 9.17) is 0 Å². The predicted molar refractivity (Wildman–Crippen MR) is 91.6 cm³/mol. The Morgan fingerprint density at radius 1 is 1.15 bits per heavy atom. The van der Waals surface area contributed by atoms with Crippen molar-refractivity contribution in [2.45, 2.75) is 6.42 Å². The van der Waals surface area contributed by atoms with Gasteiger partial charge in [-0.2, -0.15) is 0 Å². The molecule has 0 radical (unpaired) electrons. The molecule has 0 bridgehead atoms. The lowest BCUT2D eigenvalue weighted by Gasteiger charge is -2.04. The number of anilines is 1. The molecule has 0 aliphatic rings. The van der Waals surface area contributed by atoms with Crippen molar-refractivity contribution in [3.63, 3.8) is 0 Å². The van der Waals surface area contributed by atoms with Crippen LogP contribution in [0.5, 0.6) is 0 Å². The van der Waals surface area contributed by atoms with E-state index in [1.165, 1.54) is 26.3 Å². The standard InChI is InChI=1S/C15H12BrNOS2/c16-7-5-10-1-3-11(4-2-10)17-15(18)14-9-13-12(20-14)6-8-19-13/h1-4,6,8-9H,5,7H2,(H,17,18). The SMILES string of the molecule is O=C(Nc1ccc(CCBr)cc1)c1cc2sccc2s1. The Labute approximate surface area is 133 Å². The molecule has 2 aromatic heterocycles. The Bertz CT molecular complexity index is 701. The van der Waals surface area contributed by atoms with E-state index in [0.717, 1.165) is 22.3 Å². The minimum absolute atomic E-state index is 0.0355. The highest BCUT2D eigenvalue weighted by atomic mass is 79.9. The minimum atomic E-state index is -0.0355. The molecule has 0 aliphatic carbocycles. The molecular formula is C15H12BrNOS2. The van der Waals surface area contributed by atoms with Gasteiger partial charge < -0.3 is 5.32 Å². The highest BCUT2D eigenvalue weighted by molar-refractivity contribution is 9.09. The number of hydrogen-bond donors (Lipinski definition) is 1. The van der Waals surface area contributed by atoms with E-state index >= 15 is 0 Å². The van der Waals surface area contributed by atoms with E-state index in [-0.39, 0.29) is 5.91 Å². The molecule has 3 aromatic rings. The average Bonchev–Trinajstić information content (AvgIpc) is 3.02. The molecule has 20 heavy (non-hydrogen) atoms. The van der Waals surface area contributed by atoms with Crippen LogP contribution in [0.4, 0.5) is 5.69 Å². The number of halogens is 1. The van der Waals surface area contributed by atoms with Crippen LogP contribution in [0.3, 0.4) is 0 Å². The summed E-state index contributed by atoms with van der Waals surface area (Å²) in [6, 6.07) is 12.0. The van der Waals surface area contributed by atoms with Crippen molar-refractivity contribution in [1.29, 1.82) is 0 Å². The van der Waals surface area contributed by atoms with Crippen molar-refractivity contribution in [3.05, 3.63) is 52.2 Å². The van der Waals surface area contributed by atoms with Crippen LogP contribution < -0.4 is 5.32 Å². The lowest BCUT2D eigenvalue weighted by molar-refractivity contribution is 0.103. The van der Waals surface area contributed by atoms with Gasteiger partial charge in [0.25, 0.3) is 5.91 Å². The van der Waals surface area contributed by atoms with Crippen molar-refractivity contribution in [2.24, 2.45) is 0 Å². The van der Waals surface area contributed by atoms with Gasteiger partial charge in [0, 0.05) is 20.4 Å². The molecule has 2 nitrogen and oxygen atoms in total. The maximum Gasteiger partial charge on any atom is 0.265 e. The minimum Gasteiger partial charge on any atom is -0.321 e. The fourth-order valence-corrected chi connectivity index (χ4v) is 4.40. The number of aryl methyl sites for hydroxylation is 1. The number of rotatable bonds is 4. The summed E-state index contributed by atoms with van der Waals surface area (Å²) in [6.45, 7) is 0. The maximum atomic E-state index is 12.2. The van der Waals surface area contributed by atoms with Gasteiger partial charge in [-0.15, -0.1) is 22.7 Å². The summed E-state index contributed by atoms with van der Waals surface area (Å²) in [4.78, 5) is 12.9. The summed E-state index contributed by atoms with van der Waals surface area (Å²) in [5, 5.41) is 5.94. The predicted octanol–water partition coefficient (Wildman–Crippen LogP) is 5.15. The van der Waals surface area contributed by atoms with E-state index < -0.39 is 0 Å². The molecule has 1 amide bonds. The van der Waals surface area contributed by atoms with Crippen molar-refractivity contribution in [1.82, 2.24) is 0 Å². The van der Waals surface area contributed by atoms with E-state index in [1.807, 2.05) is 35.7 Å². The largest absolute Gasteiger partial charge is 0.321 e. The van der Waals surface area contributed by atoms with Crippen molar-refractivity contribution < 1.29 is 4.79 Å². The van der Waals surface area contributed by atoms with E-state index in [0.29, 0.717) is 0 Å². The van der Waals surface area contributed by atoms with Gasteiger partial charge in [0.05, 0.1) is 4.88 Å². The quantitative estimate of drug-likeness (QED) is 0.636. The number of alkyl halides is 1. The maximum absolute atomic E-state index is 12.2. The van der Waals surface area contributed by atoms with Gasteiger partial charge in [0.2, 0.25) is 0 Å². The van der Waals surface area contributed by atoms with Gasteiger partial charge in [-0.25, -0.2) is 0 Å². The van der Waals surface area contributed by atoms with Crippen LogP contribution in [0.2, 0.25) is 0 Å². The number of amides is 1. The zero-order valence-corrected chi connectivity index (χ0v) is 13.8. The van der Waals surface area contributed by atoms with Crippen LogP contribution in [-0.2, 0) is 6.42 Å². The molecule has 0 atom stereocenters. The number of hydrogen-bond acceptors (Lipinski definition) is 3. The normalized spacial score (nSPS) is 10.8. The Morgan fingerprint density at radius 3 is 2.65 bits per heavy atom. The van der Waals surface area contributed by atoms with Crippen molar-refractivity contribution in [3.8, 4) is 0 Å². The summed E-state index contributed by atoms with van der Waals surface area (Å²) in [5.41, 5.74) is 2.10. The second-order valence-corrected chi connectivity index (χ2v) is 7.17. The highest BCUT2D eigenvalue weighted by Crippen LogP contribution is 2.30. The third kappa shape index (κ3) is 2.95. The van der Waals surface area contributed by atoms with Gasteiger partial charge in [-0.05, 0) is 41.6 Å². The van der Waals surface area contributed by atoms with Crippen molar-refractivity contribution in [2.75, 3.05) is 10.6 Å². The first kappa shape index (κ1) is 13.8. The lowest BCUT2D eigenvalue weighted by Crippen LogP contribution is -2.09. The number of carbonyl (C=O) groups is 1. The molecular weight excluding hydrogens is 354 g/mol. The number of fused-ring (bicyclic) bond motifs is 1. The zero-order valence-electron chi connectivity index (χ0n) is 10.6. The average molecular weight is 366 g/mol. The van der Waals surface area contributed by atoms with E-state index in [1.54, 1.807) is 11.3 Å².